The Bertz CT molecular complexity index is 643. The summed E-state index contributed by atoms with van der Waals surface area (Å²) in [5.74, 6) is 0.0542. The molecule has 1 amide bonds. The van der Waals surface area contributed by atoms with Gasteiger partial charge in [0.15, 0.2) is 0 Å². The molecule has 0 saturated carbocycles. The number of allylic oxidation sites excluding steroid dienone is 1. The van der Waals surface area contributed by atoms with Gasteiger partial charge in [0.2, 0.25) is 5.91 Å². The molecule has 1 aromatic carbocycles. The molecule has 0 bridgehead atoms. The molecule has 127 valence electrons. The van der Waals surface area contributed by atoms with E-state index in [1.165, 1.54) is 0 Å². The first-order valence-corrected chi connectivity index (χ1v) is 8.05. The van der Waals surface area contributed by atoms with Crippen LogP contribution in [0, 0.1) is 6.08 Å². The number of nitrogens with zero attached hydrogens (tertiary/aromatic N) is 1. The summed E-state index contributed by atoms with van der Waals surface area (Å²) >= 11 is 9.25. The van der Waals surface area contributed by atoms with E-state index in [2.05, 4.69) is 28.6 Å². The van der Waals surface area contributed by atoms with E-state index in [-0.39, 0.29) is 39.1 Å². The van der Waals surface area contributed by atoms with Crippen molar-refractivity contribution in [2.45, 2.75) is 18.2 Å². The molecule has 8 heteroatoms. The average molecular weight is 495 g/mol. The largest absolute Gasteiger partial charge is 0.490 e. The molecule has 3 nitrogen and oxygen atoms in total. The van der Waals surface area contributed by atoms with Gasteiger partial charge >= 0.3 is 0 Å². The number of rotatable bonds is 6. The van der Waals surface area contributed by atoms with Crippen LogP contribution in [-0.4, -0.2) is 35.8 Å². The van der Waals surface area contributed by atoms with Crippen LogP contribution in [0.5, 0.6) is 5.75 Å². The molecule has 0 spiro atoms. The van der Waals surface area contributed by atoms with Crippen molar-refractivity contribution in [2.75, 3.05) is 13.2 Å². The molecule has 0 aliphatic carbocycles. The number of hydrogen-bond donors (Lipinski definition) is 0. The van der Waals surface area contributed by atoms with E-state index in [1.807, 2.05) is 0 Å². The van der Waals surface area contributed by atoms with Crippen LogP contribution in [-0.2, 0) is 37.5 Å². The molecule has 2 rings (SSSR count). The molecule has 0 N–H and O–H groups in total. The molecule has 1 aliphatic heterocycles. The van der Waals surface area contributed by atoms with Crippen LogP contribution in [0.25, 0.3) is 5.70 Å². The van der Waals surface area contributed by atoms with E-state index in [0.29, 0.717) is 28.1 Å². The SMILES string of the molecule is C=CCOc1ccc(C2=[C-]CC(Cl)C(=O)N2CC(F)F)c(Br)c1.[Y]. The summed E-state index contributed by atoms with van der Waals surface area (Å²) in [6.45, 7) is 3.20. The fourth-order valence-corrected chi connectivity index (χ4v) is 2.88. The molecular formula is C16H14BrClF2NO2Y-. The van der Waals surface area contributed by atoms with E-state index in [4.69, 9.17) is 16.3 Å². The maximum atomic E-state index is 12.8. The van der Waals surface area contributed by atoms with Crippen LogP contribution in [0.4, 0.5) is 8.78 Å². The van der Waals surface area contributed by atoms with Gasteiger partial charge in [0.25, 0.3) is 6.43 Å². The van der Waals surface area contributed by atoms with Crippen molar-refractivity contribution in [1.29, 1.82) is 0 Å². The minimum atomic E-state index is -2.66. The Morgan fingerprint density at radius 1 is 1.54 bits per heavy atom. The second-order valence-corrected chi connectivity index (χ2v) is 6.16. The van der Waals surface area contributed by atoms with Gasteiger partial charge in [-0.2, -0.15) is 0 Å². The molecule has 1 atom stereocenters. The molecule has 1 heterocycles. The number of ether oxygens (including phenoxy) is 1. The number of carbonyl (C=O) groups is 1. The van der Waals surface area contributed by atoms with Crippen molar-refractivity contribution >= 4 is 39.1 Å². The van der Waals surface area contributed by atoms with Gasteiger partial charge in [0, 0.05) is 32.7 Å². The van der Waals surface area contributed by atoms with Crippen molar-refractivity contribution in [3.63, 3.8) is 0 Å². The van der Waals surface area contributed by atoms with Gasteiger partial charge < -0.3 is 9.64 Å². The summed E-state index contributed by atoms with van der Waals surface area (Å²) in [7, 11) is 0. The molecule has 1 radical (unpaired) electrons. The first-order valence-electron chi connectivity index (χ1n) is 6.82. The van der Waals surface area contributed by atoms with Gasteiger partial charge in [-0.3, -0.25) is 4.79 Å². The zero-order valence-corrected chi connectivity index (χ0v) is 17.8. The number of benzene rings is 1. The van der Waals surface area contributed by atoms with Crippen LogP contribution >= 0.6 is 27.5 Å². The monoisotopic (exact) mass is 493 g/mol. The predicted octanol–water partition coefficient (Wildman–Crippen LogP) is 4.26. The number of hydrogen-bond acceptors (Lipinski definition) is 2. The summed E-state index contributed by atoms with van der Waals surface area (Å²) in [4.78, 5) is 13.1. The van der Waals surface area contributed by atoms with Crippen LogP contribution in [0.3, 0.4) is 0 Å². The first-order chi connectivity index (χ1) is 10.9. The fraction of sp³-hybridized carbons (Fsp3) is 0.312. The topological polar surface area (TPSA) is 29.5 Å². The third-order valence-corrected chi connectivity index (χ3v) is 4.13. The first kappa shape index (κ1) is 21.7. The molecule has 0 fully saturated rings. The van der Waals surface area contributed by atoms with E-state index in [1.54, 1.807) is 24.3 Å². The molecular weight excluding hydrogens is 480 g/mol. The second-order valence-electron chi connectivity index (χ2n) is 4.78. The predicted molar refractivity (Wildman–Crippen MR) is 88.5 cm³/mol. The van der Waals surface area contributed by atoms with Gasteiger partial charge in [-0.1, -0.05) is 39.5 Å². The van der Waals surface area contributed by atoms with Crippen LogP contribution in [0.1, 0.15) is 12.0 Å². The minimum Gasteiger partial charge on any atom is -0.490 e. The van der Waals surface area contributed by atoms with Crippen LogP contribution in [0.15, 0.2) is 35.3 Å². The van der Waals surface area contributed by atoms with Crippen molar-refractivity contribution < 1.29 is 51.0 Å². The van der Waals surface area contributed by atoms with Crippen LogP contribution in [0.2, 0.25) is 0 Å². The van der Waals surface area contributed by atoms with Gasteiger partial charge in [-0.15, -0.1) is 28.9 Å². The Labute approximate surface area is 178 Å². The van der Waals surface area contributed by atoms with E-state index < -0.39 is 24.3 Å². The Morgan fingerprint density at radius 3 is 2.83 bits per heavy atom. The van der Waals surface area contributed by atoms with Crippen molar-refractivity contribution in [2.24, 2.45) is 0 Å². The molecule has 0 aromatic heterocycles. The third kappa shape index (κ3) is 5.35. The number of alkyl halides is 3. The third-order valence-electron chi connectivity index (χ3n) is 3.14. The van der Waals surface area contributed by atoms with Gasteiger partial charge in [0.05, 0.1) is 6.54 Å². The average Bonchev–Trinajstić information content (AvgIpc) is 2.50. The summed E-state index contributed by atoms with van der Waals surface area (Å²) in [5.41, 5.74) is 0.878. The standard InChI is InChI=1S/C16H14BrClF2NO2.Y/c1-2-7-23-10-3-4-11(12(17)8-10)14-6-5-13(18)16(22)21(14)9-15(19)20;/h2-4,8,13,15H,1,5,7,9H2;/q-1;. The maximum Gasteiger partial charge on any atom is 0.256 e. The molecule has 24 heavy (non-hydrogen) atoms. The molecule has 0 saturated heterocycles. The van der Waals surface area contributed by atoms with E-state index in [0.717, 1.165) is 4.90 Å². The zero-order valence-electron chi connectivity index (χ0n) is 12.6. The Morgan fingerprint density at radius 2 is 2.25 bits per heavy atom. The minimum absolute atomic E-state index is 0. The molecule has 1 aliphatic rings. The zero-order chi connectivity index (χ0) is 17.0. The smallest absolute Gasteiger partial charge is 0.256 e. The summed E-state index contributed by atoms with van der Waals surface area (Å²) in [5, 5.41) is -0.869. The number of halogens is 4. The van der Waals surface area contributed by atoms with E-state index in [9.17, 15) is 13.6 Å². The maximum absolute atomic E-state index is 12.8. The van der Waals surface area contributed by atoms with Crippen molar-refractivity contribution in [3.8, 4) is 5.75 Å². The summed E-state index contributed by atoms with van der Waals surface area (Å²) < 4.78 is 31.6. The second kappa shape index (κ2) is 10.00. The summed E-state index contributed by atoms with van der Waals surface area (Å²) in [6.07, 6.45) is 2.07. The van der Waals surface area contributed by atoms with Crippen molar-refractivity contribution in [1.82, 2.24) is 4.90 Å². The normalized spacial score (nSPS) is 17.4. The Kier molecular flexibility index (Phi) is 9.06. The Hall–Kier alpha value is -0.296. The van der Waals surface area contributed by atoms with Crippen LogP contribution < -0.4 is 4.74 Å². The van der Waals surface area contributed by atoms with Gasteiger partial charge in [-0.25, -0.2) is 14.9 Å². The Balaban J connectivity index is 0.00000288. The number of amides is 1. The quantitative estimate of drug-likeness (QED) is 0.336. The molecule has 1 aromatic rings. The number of carbonyl (C=O) groups excluding carboxylic acids is 1. The fourth-order valence-electron chi connectivity index (χ4n) is 2.14. The van der Waals surface area contributed by atoms with E-state index >= 15 is 0 Å². The molecule has 1 unspecified atom stereocenters. The van der Waals surface area contributed by atoms with Gasteiger partial charge in [0.1, 0.15) is 17.7 Å². The van der Waals surface area contributed by atoms with Crippen molar-refractivity contribution in [3.05, 3.63) is 47.0 Å². The summed E-state index contributed by atoms with van der Waals surface area (Å²) in [6, 6.07) is 5.08. The van der Waals surface area contributed by atoms with Gasteiger partial charge in [-0.05, 0) is 12.1 Å².